The van der Waals surface area contributed by atoms with Gasteiger partial charge in [0, 0.05) is 31.7 Å². The Balaban J connectivity index is 1.50. The van der Waals surface area contributed by atoms with Crippen molar-refractivity contribution in [3.05, 3.63) is 23.0 Å². The summed E-state index contributed by atoms with van der Waals surface area (Å²) in [5.41, 5.74) is 3.47. The van der Waals surface area contributed by atoms with Crippen LogP contribution in [0.1, 0.15) is 66.2 Å². The highest BCUT2D eigenvalue weighted by atomic mass is 16.1. The summed E-state index contributed by atoms with van der Waals surface area (Å²) in [5.74, 6) is 0.517. The maximum Gasteiger partial charge on any atom is 0.252 e. The molecule has 1 N–H and O–H groups in total. The van der Waals surface area contributed by atoms with Crippen LogP contribution in [0.15, 0.2) is 6.07 Å². The molecule has 2 aliphatic rings. The summed E-state index contributed by atoms with van der Waals surface area (Å²) in [5, 5.41) is 8.51. The molecule has 0 unspecified atom stereocenters. The van der Waals surface area contributed by atoms with E-state index < -0.39 is 0 Å². The van der Waals surface area contributed by atoms with Gasteiger partial charge in [0.15, 0.2) is 5.65 Å². The molecule has 6 nitrogen and oxygen atoms in total. The van der Waals surface area contributed by atoms with Gasteiger partial charge in [-0.3, -0.25) is 9.48 Å². The molecule has 1 amide bonds. The molecule has 0 spiro atoms. The zero-order chi connectivity index (χ0) is 18.1. The molecule has 1 saturated carbocycles. The first kappa shape index (κ1) is 17.5. The summed E-state index contributed by atoms with van der Waals surface area (Å²) in [7, 11) is 1.90. The number of amides is 1. The number of hydrogen-bond donors (Lipinski definition) is 1. The molecular formula is C20H29N5O. The lowest BCUT2D eigenvalue weighted by molar-refractivity contribution is 0.0950. The van der Waals surface area contributed by atoms with E-state index in [1.165, 1.54) is 38.5 Å². The number of hydrogen-bond acceptors (Lipinski definition) is 4. The summed E-state index contributed by atoms with van der Waals surface area (Å²) < 4.78 is 1.80. The average Bonchev–Trinajstić information content (AvgIpc) is 3.45. The summed E-state index contributed by atoms with van der Waals surface area (Å²) in [4.78, 5) is 20.2. The van der Waals surface area contributed by atoms with Crippen molar-refractivity contribution < 1.29 is 4.79 Å². The highest BCUT2D eigenvalue weighted by molar-refractivity contribution is 6.06. The van der Waals surface area contributed by atoms with E-state index in [4.69, 9.17) is 4.98 Å². The van der Waals surface area contributed by atoms with E-state index in [2.05, 4.69) is 15.3 Å². The van der Waals surface area contributed by atoms with E-state index >= 15 is 0 Å². The Morgan fingerprint density at radius 2 is 1.96 bits per heavy atom. The molecule has 6 heteroatoms. The quantitative estimate of drug-likeness (QED) is 0.896. The van der Waals surface area contributed by atoms with Crippen LogP contribution in [0.3, 0.4) is 0 Å². The van der Waals surface area contributed by atoms with Gasteiger partial charge in [-0.05, 0) is 51.8 Å². The van der Waals surface area contributed by atoms with Crippen molar-refractivity contribution in [2.45, 2.75) is 51.4 Å². The van der Waals surface area contributed by atoms with Gasteiger partial charge >= 0.3 is 0 Å². The Kier molecular flexibility index (Phi) is 4.94. The molecule has 0 aromatic carbocycles. The molecular weight excluding hydrogens is 326 g/mol. The Morgan fingerprint density at radius 1 is 1.23 bits per heavy atom. The third-order valence-corrected chi connectivity index (χ3v) is 5.64. The predicted octanol–water partition coefficient (Wildman–Crippen LogP) is 2.76. The number of nitrogens with one attached hydrogen (secondary N) is 1. The van der Waals surface area contributed by atoms with Crippen molar-refractivity contribution in [1.82, 2.24) is 25.0 Å². The van der Waals surface area contributed by atoms with E-state index in [0.717, 1.165) is 47.6 Å². The molecule has 26 heavy (non-hydrogen) atoms. The van der Waals surface area contributed by atoms with Crippen LogP contribution in [0.5, 0.6) is 0 Å². The predicted molar refractivity (Wildman–Crippen MR) is 102 cm³/mol. The number of aryl methyl sites for hydroxylation is 2. The first-order valence-electron chi connectivity index (χ1n) is 9.98. The smallest absolute Gasteiger partial charge is 0.252 e. The third-order valence-electron chi connectivity index (χ3n) is 5.64. The maximum absolute atomic E-state index is 12.9. The molecule has 140 valence electrons. The first-order chi connectivity index (χ1) is 12.6. The summed E-state index contributed by atoms with van der Waals surface area (Å²) in [6.07, 6.45) is 7.57. The fourth-order valence-corrected chi connectivity index (χ4v) is 4.01. The minimum Gasteiger partial charge on any atom is -0.351 e. The summed E-state index contributed by atoms with van der Waals surface area (Å²) >= 11 is 0. The Bertz CT molecular complexity index is 800. The molecule has 0 radical (unpaired) electrons. The van der Waals surface area contributed by atoms with Crippen molar-refractivity contribution in [3.8, 4) is 0 Å². The van der Waals surface area contributed by atoms with Gasteiger partial charge in [-0.1, -0.05) is 12.8 Å². The number of aromatic nitrogens is 3. The van der Waals surface area contributed by atoms with Gasteiger partial charge < -0.3 is 10.2 Å². The summed E-state index contributed by atoms with van der Waals surface area (Å²) in [6, 6.07) is 2.00. The van der Waals surface area contributed by atoms with E-state index in [1.807, 2.05) is 20.0 Å². The highest BCUT2D eigenvalue weighted by Gasteiger charge is 2.28. The van der Waals surface area contributed by atoms with E-state index in [0.29, 0.717) is 12.5 Å². The molecule has 2 fully saturated rings. The number of rotatable bonds is 5. The second kappa shape index (κ2) is 7.35. The molecule has 2 aromatic heterocycles. The van der Waals surface area contributed by atoms with Crippen molar-refractivity contribution in [2.24, 2.45) is 7.05 Å². The molecule has 1 saturated heterocycles. The standard InChI is InChI=1S/C20H29N5O/c1-14-18-16(13-17(15-7-8-15)22-19(18)24(2)23-14)20(26)21-9-12-25-10-5-3-4-6-11-25/h13,15H,3-12H2,1-2H3,(H,21,26). The van der Waals surface area contributed by atoms with Crippen LogP contribution in [-0.2, 0) is 7.05 Å². The van der Waals surface area contributed by atoms with Gasteiger partial charge in [0.25, 0.3) is 5.91 Å². The van der Waals surface area contributed by atoms with Gasteiger partial charge in [0.1, 0.15) is 0 Å². The van der Waals surface area contributed by atoms with Crippen LogP contribution in [0.25, 0.3) is 11.0 Å². The van der Waals surface area contributed by atoms with Crippen LogP contribution in [0, 0.1) is 6.92 Å². The lowest BCUT2D eigenvalue weighted by Gasteiger charge is -2.19. The van der Waals surface area contributed by atoms with Crippen LogP contribution in [0.2, 0.25) is 0 Å². The number of likely N-dealkylation sites (tertiary alicyclic amines) is 1. The molecule has 3 heterocycles. The molecule has 1 aliphatic carbocycles. The topological polar surface area (TPSA) is 63.1 Å². The third kappa shape index (κ3) is 3.61. The van der Waals surface area contributed by atoms with Crippen molar-refractivity contribution in [2.75, 3.05) is 26.2 Å². The minimum atomic E-state index is 0.00484. The van der Waals surface area contributed by atoms with Crippen LogP contribution in [0.4, 0.5) is 0 Å². The van der Waals surface area contributed by atoms with E-state index in [1.54, 1.807) is 4.68 Å². The van der Waals surface area contributed by atoms with Crippen molar-refractivity contribution in [1.29, 1.82) is 0 Å². The lowest BCUT2D eigenvalue weighted by Crippen LogP contribution is -2.35. The zero-order valence-electron chi connectivity index (χ0n) is 15.9. The summed E-state index contributed by atoms with van der Waals surface area (Å²) in [6.45, 7) is 5.89. The second-order valence-electron chi connectivity index (χ2n) is 7.79. The second-order valence-corrected chi connectivity index (χ2v) is 7.79. The molecule has 4 rings (SSSR count). The fraction of sp³-hybridized carbons (Fsp3) is 0.650. The average molecular weight is 355 g/mol. The Labute approximate surface area is 155 Å². The fourth-order valence-electron chi connectivity index (χ4n) is 4.01. The molecule has 1 aliphatic heterocycles. The number of carbonyl (C=O) groups excluding carboxylic acids is 1. The lowest BCUT2D eigenvalue weighted by atomic mass is 10.1. The van der Waals surface area contributed by atoms with E-state index in [-0.39, 0.29) is 5.91 Å². The minimum absolute atomic E-state index is 0.00484. The number of carbonyl (C=O) groups is 1. The number of fused-ring (bicyclic) bond motifs is 1. The molecule has 0 atom stereocenters. The molecule has 2 aromatic rings. The maximum atomic E-state index is 12.9. The van der Waals surface area contributed by atoms with Gasteiger partial charge in [0.2, 0.25) is 0 Å². The van der Waals surface area contributed by atoms with E-state index in [9.17, 15) is 4.79 Å². The zero-order valence-corrected chi connectivity index (χ0v) is 15.9. The van der Waals surface area contributed by atoms with Crippen molar-refractivity contribution >= 4 is 16.9 Å². The van der Waals surface area contributed by atoms with Gasteiger partial charge in [0.05, 0.1) is 16.6 Å². The largest absolute Gasteiger partial charge is 0.351 e. The SMILES string of the molecule is Cc1nn(C)c2nc(C3CC3)cc(C(=O)NCCN3CCCCCC3)c12. The Morgan fingerprint density at radius 3 is 2.65 bits per heavy atom. The first-order valence-corrected chi connectivity index (χ1v) is 9.98. The Hall–Kier alpha value is -1.95. The highest BCUT2D eigenvalue weighted by Crippen LogP contribution is 2.40. The normalized spacial score (nSPS) is 18.8. The van der Waals surface area contributed by atoms with Gasteiger partial charge in [-0.2, -0.15) is 5.10 Å². The number of pyridine rings is 1. The van der Waals surface area contributed by atoms with Crippen LogP contribution >= 0.6 is 0 Å². The van der Waals surface area contributed by atoms with Gasteiger partial charge in [-0.15, -0.1) is 0 Å². The molecule has 0 bridgehead atoms. The van der Waals surface area contributed by atoms with Gasteiger partial charge in [-0.25, -0.2) is 4.98 Å². The number of nitrogens with zero attached hydrogens (tertiary/aromatic N) is 4. The monoisotopic (exact) mass is 355 g/mol. The van der Waals surface area contributed by atoms with Crippen LogP contribution < -0.4 is 5.32 Å². The van der Waals surface area contributed by atoms with Crippen LogP contribution in [-0.4, -0.2) is 51.8 Å². The van der Waals surface area contributed by atoms with Crippen molar-refractivity contribution in [3.63, 3.8) is 0 Å².